The van der Waals surface area contributed by atoms with Gasteiger partial charge in [0.05, 0.1) is 31.3 Å². The first kappa shape index (κ1) is 25.2. The van der Waals surface area contributed by atoms with Gasteiger partial charge in [-0.2, -0.15) is 0 Å². The van der Waals surface area contributed by atoms with Gasteiger partial charge in [0.1, 0.15) is 0 Å². The Labute approximate surface area is 206 Å². The summed E-state index contributed by atoms with van der Waals surface area (Å²) in [6, 6.07) is 21.5. The van der Waals surface area contributed by atoms with E-state index in [2.05, 4.69) is 94.3 Å². The van der Waals surface area contributed by atoms with E-state index in [1.807, 2.05) is 0 Å². The molecule has 2 aliphatic heterocycles. The number of methoxy groups -OCH3 is 1. The second-order valence-electron chi connectivity index (χ2n) is 10.7. The maximum atomic E-state index is 7.10. The first-order chi connectivity index (χ1) is 16.3. The lowest BCUT2D eigenvalue weighted by atomic mass is 9.86. The second kappa shape index (κ2) is 9.97. The summed E-state index contributed by atoms with van der Waals surface area (Å²) in [5.74, 6) is 2.17. The SMILES string of the molecule is C#CC[C@]1(OC)O[C@@H]2C[C@@H](CO[Si](c3ccccc3)(c3ccccc3)C(C)(C)C)O[C@@H]2C[C@H]1C. The van der Waals surface area contributed by atoms with E-state index in [0.717, 1.165) is 12.8 Å². The van der Waals surface area contributed by atoms with Crippen LogP contribution in [-0.2, 0) is 18.6 Å². The molecule has 0 aromatic heterocycles. The molecule has 2 heterocycles. The van der Waals surface area contributed by atoms with Crippen molar-refractivity contribution in [2.24, 2.45) is 5.92 Å². The minimum atomic E-state index is -2.60. The molecule has 0 radical (unpaired) electrons. The molecule has 2 aliphatic rings. The molecule has 0 aliphatic carbocycles. The van der Waals surface area contributed by atoms with Gasteiger partial charge in [-0.25, -0.2) is 0 Å². The van der Waals surface area contributed by atoms with E-state index < -0.39 is 14.1 Å². The molecule has 4 rings (SSSR count). The van der Waals surface area contributed by atoms with Crippen LogP contribution in [-0.4, -0.2) is 46.1 Å². The zero-order valence-corrected chi connectivity index (χ0v) is 22.1. The zero-order valence-electron chi connectivity index (χ0n) is 21.1. The summed E-state index contributed by atoms with van der Waals surface area (Å²) in [5, 5.41) is 2.49. The molecule has 2 fully saturated rings. The third-order valence-electron chi connectivity index (χ3n) is 7.56. The normalized spacial score (nSPS) is 29.4. The summed E-state index contributed by atoms with van der Waals surface area (Å²) < 4.78 is 25.9. The van der Waals surface area contributed by atoms with Crippen LogP contribution in [0.5, 0.6) is 0 Å². The van der Waals surface area contributed by atoms with Crippen LogP contribution in [0.1, 0.15) is 47.0 Å². The Morgan fingerprint density at radius 1 is 1.00 bits per heavy atom. The lowest BCUT2D eigenvalue weighted by molar-refractivity contribution is -0.301. The van der Waals surface area contributed by atoms with Gasteiger partial charge in [-0.3, -0.25) is 0 Å². The van der Waals surface area contributed by atoms with Gasteiger partial charge < -0.3 is 18.6 Å². The number of ether oxygens (including phenoxy) is 3. The zero-order chi connectivity index (χ0) is 24.4. The van der Waals surface area contributed by atoms with E-state index in [4.69, 9.17) is 25.1 Å². The highest BCUT2D eigenvalue weighted by Gasteiger charge is 2.53. The highest BCUT2D eigenvalue weighted by molar-refractivity contribution is 6.99. The molecular weight excluding hydrogens is 440 g/mol. The van der Waals surface area contributed by atoms with Crippen LogP contribution in [0.2, 0.25) is 5.04 Å². The molecule has 0 saturated carbocycles. The predicted molar refractivity (Wildman–Crippen MR) is 139 cm³/mol. The maximum Gasteiger partial charge on any atom is 0.261 e. The molecule has 2 aromatic rings. The van der Waals surface area contributed by atoms with Crippen LogP contribution < -0.4 is 10.4 Å². The van der Waals surface area contributed by atoms with E-state index in [-0.39, 0.29) is 29.3 Å². The number of rotatable bonds is 7. The predicted octanol–water partition coefficient (Wildman–Crippen LogP) is 4.51. The molecule has 0 N–H and O–H groups in total. The summed E-state index contributed by atoms with van der Waals surface area (Å²) in [4.78, 5) is 0. The molecule has 182 valence electrons. The summed E-state index contributed by atoms with van der Waals surface area (Å²) in [6.45, 7) is 9.56. The highest BCUT2D eigenvalue weighted by atomic mass is 28.4. The molecule has 0 amide bonds. The topological polar surface area (TPSA) is 36.9 Å². The molecule has 4 nitrogen and oxygen atoms in total. The number of terminal acetylenes is 1. The minimum absolute atomic E-state index is 0.0256. The molecule has 2 aromatic carbocycles. The number of fused-ring (bicyclic) bond motifs is 1. The molecule has 0 unspecified atom stereocenters. The average Bonchev–Trinajstić information content (AvgIpc) is 3.21. The molecular formula is C29H38O4Si. The van der Waals surface area contributed by atoms with Crippen molar-refractivity contribution in [1.29, 1.82) is 0 Å². The Kier molecular flexibility index (Phi) is 7.38. The van der Waals surface area contributed by atoms with Crippen molar-refractivity contribution in [1.82, 2.24) is 0 Å². The van der Waals surface area contributed by atoms with Crippen LogP contribution >= 0.6 is 0 Å². The standard InChI is InChI=1S/C29H38O4Si/c1-7-18-29(30-6)22(2)19-26-27(33-29)20-23(32-26)21-31-34(28(3,4)5,24-14-10-8-11-15-24)25-16-12-9-13-17-25/h1,8-17,22-23,26-27H,18-21H2,2-6H3/t22-,23+,26-,27-,29+/m1/s1. The molecule has 0 spiro atoms. The Bertz CT molecular complexity index is 941. The van der Waals surface area contributed by atoms with Crippen molar-refractivity contribution in [3.63, 3.8) is 0 Å². The van der Waals surface area contributed by atoms with Crippen LogP contribution in [0.3, 0.4) is 0 Å². The smallest absolute Gasteiger partial charge is 0.261 e. The molecule has 5 heteroatoms. The van der Waals surface area contributed by atoms with E-state index in [1.165, 1.54) is 10.4 Å². The summed E-state index contributed by atoms with van der Waals surface area (Å²) in [6.07, 6.45) is 7.72. The van der Waals surface area contributed by atoms with Gasteiger partial charge in [0, 0.05) is 19.4 Å². The molecule has 5 atom stereocenters. The average molecular weight is 479 g/mol. The Morgan fingerprint density at radius 2 is 1.59 bits per heavy atom. The van der Waals surface area contributed by atoms with Crippen molar-refractivity contribution in [3.05, 3.63) is 60.7 Å². The van der Waals surface area contributed by atoms with Crippen LogP contribution in [0.15, 0.2) is 60.7 Å². The van der Waals surface area contributed by atoms with Crippen molar-refractivity contribution in [2.45, 2.75) is 76.1 Å². The fourth-order valence-electron chi connectivity index (χ4n) is 5.80. The lowest BCUT2D eigenvalue weighted by Crippen LogP contribution is -2.67. The van der Waals surface area contributed by atoms with Gasteiger partial charge >= 0.3 is 0 Å². The third kappa shape index (κ3) is 4.50. The van der Waals surface area contributed by atoms with E-state index in [1.54, 1.807) is 7.11 Å². The van der Waals surface area contributed by atoms with E-state index >= 15 is 0 Å². The van der Waals surface area contributed by atoms with Gasteiger partial charge in [-0.15, -0.1) is 12.3 Å². The van der Waals surface area contributed by atoms with Gasteiger partial charge in [0.2, 0.25) is 0 Å². The largest absolute Gasteiger partial charge is 0.405 e. The van der Waals surface area contributed by atoms with Crippen molar-refractivity contribution < 1.29 is 18.6 Å². The Morgan fingerprint density at radius 3 is 2.09 bits per heavy atom. The van der Waals surface area contributed by atoms with Crippen molar-refractivity contribution in [3.8, 4) is 12.3 Å². The number of benzene rings is 2. The van der Waals surface area contributed by atoms with Gasteiger partial charge in [0.25, 0.3) is 8.32 Å². The fourth-order valence-corrected chi connectivity index (χ4v) is 10.4. The van der Waals surface area contributed by atoms with Crippen LogP contribution in [0, 0.1) is 18.3 Å². The minimum Gasteiger partial charge on any atom is -0.405 e. The number of hydrogen-bond donors (Lipinski definition) is 0. The Hall–Kier alpha value is -1.94. The monoisotopic (exact) mass is 478 g/mol. The van der Waals surface area contributed by atoms with Crippen molar-refractivity contribution in [2.75, 3.05) is 13.7 Å². The first-order valence-corrected chi connectivity index (χ1v) is 14.2. The third-order valence-corrected chi connectivity index (χ3v) is 12.6. The van der Waals surface area contributed by atoms with Crippen LogP contribution in [0.4, 0.5) is 0 Å². The van der Waals surface area contributed by atoms with Crippen LogP contribution in [0.25, 0.3) is 0 Å². The van der Waals surface area contributed by atoms with Gasteiger partial charge in [-0.05, 0) is 21.8 Å². The molecule has 0 bridgehead atoms. The summed E-state index contributed by atoms with van der Waals surface area (Å²) in [5.41, 5.74) is 0. The maximum absolute atomic E-state index is 7.10. The van der Waals surface area contributed by atoms with Gasteiger partial charge in [-0.1, -0.05) is 88.4 Å². The quantitative estimate of drug-likeness (QED) is 0.433. The van der Waals surface area contributed by atoms with E-state index in [9.17, 15) is 0 Å². The molecule has 34 heavy (non-hydrogen) atoms. The van der Waals surface area contributed by atoms with Crippen molar-refractivity contribution >= 4 is 18.7 Å². The number of hydrogen-bond acceptors (Lipinski definition) is 4. The molecule has 2 saturated heterocycles. The van der Waals surface area contributed by atoms with E-state index in [0.29, 0.717) is 13.0 Å². The summed E-state index contributed by atoms with van der Waals surface area (Å²) in [7, 11) is -0.911. The summed E-state index contributed by atoms with van der Waals surface area (Å²) >= 11 is 0. The second-order valence-corrected chi connectivity index (χ2v) is 15.0. The fraction of sp³-hybridized carbons (Fsp3) is 0.517. The first-order valence-electron chi connectivity index (χ1n) is 12.3. The Balaban J connectivity index is 1.59. The lowest BCUT2D eigenvalue weighted by Gasteiger charge is -2.44. The highest BCUT2D eigenvalue weighted by Crippen LogP contribution is 2.44. The van der Waals surface area contributed by atoms with Gasteiger partial charge in [0.15, 0.2) is 5.79 Å².